The van der Waals surface area contributed by atoms with Crippen molar-refractivity contribution in [2.75, 3.05) is 40.2 Å². The van der Waals surface area contributed by atoms with E-state index in [0.717, 1.165) is 40.9 Å². The van der Waals surface area contributed by atoms with Gasteiger partial charge >= 0.3 is 6.03 Å². The molecule has 0 radical (unpaired) electrons. The molecule has 1 fully saturated rings. The molecule has 3 aromatic rings. The van der Waals surface area contributed by atoms with Gasteiger partial charge in [0, 0.05) is 46.8 Å². The molecule has 0 unspecified atom stereocenters. The molecule has 1 aromatic heterocycles. The van der Waals surface area contributed by atoms with Gasteiger partial charge in [0.05, 0.1) is 0 Å². The Kier molecular flexibility index (Phi) is 6.57. The second kappa shape index (κ2) is 9.70. The molecular formula is C23H26N6OS. The zero-order valence-corrected chi connectivity index (χ0v) is 18.5. The van der Waals surface area contributed by atoms with Crippen molar-refractivity contribution >= 4 is 46.6 Å². The topological polar surface area (TPSA) is 82.2 Å². The van der Waals surface area contributed by atoms with Crippen molar-refractivity contribution < 1.29 is 4.79 Å². The molecule has 2 aromatic carbocycles. The first-order valence-corrected chi connectivity index (χ1v) is 11.5. The average Bonchev–Trinajstić information content (AvgIpc) is 3.30. The van der Waals surface area contributed by atoms with Crippen molar-refractivity contribution in [3.63, 3.8) is 0 Å². The molecule has 1 aliphatic rings. The van der Waals surface area contributed by atoms with Gasteiger partial charge < -0.3 is 20.9 Å². The standard InChI is InChI=1S/C23H26N6OS/c1-16-14-21(29-12-3-4-13-29)28-22(24-16)25-17-8-10-18(11-9-17)26-23(30)27-19-6-5-7-20(15-19)31-2/h5-11,14-15H,3-4,12-13H2,1-2H3,(H,24,25,28)(H2,26,27,30). The van der Waals surface area contributed by atoms with Crippen LogP contribution in [0.2, 0.25) is 0 Å². The van der Waals surface area contributed by atoms with Gasteiger partial charge in [-0.05, 0) is 68.5 Å². The third kappa shape index (κ3) is 5.67. The SMILES string of the molecule is CSc1cccc(NC(=O)Nc2ccc(Nc3nc(C)cc(N4CCCC4)n3)cc2)c1. The number of nitrogens with zero attached hydrogens (tertiary/aromatic N) is 3. The Labute approximate surface area is 186 Å². The van der Waals surface area contributed by atoms with E-state index in [9.17, 15) is 4.79 Å². The van der Waals surface area contributed by atoms with E-state index in [4.69, 9.17) is 0 Å². The van der Waals surface area contributed by atoms with Crippen LogP contribution in [0.5, 0.6) is 0 Å². The minimum atomic E-state index is -0.281. The summed E-state index contributed by atoms with van der Waals surface area (Å²) in [6.45, 7) is 4.06. The number of benzene rings is 2. The molecule has 4 rings (SSSR count). The highest BCUT2D eigenvalue weighted by atomic mass is 32.2. The summed E-state index contributed by atoms with van der Waals surface area (Å²) < 4.78 is 0. The molecular weight excluding hydrogens is 408 g/mol. The zero-order valence-electron chi connectivity index (χ0n) is 17.7. The second-order valence-electron chi connectivity index (χ2n) is 7.40. The Morgan fingerprint density at radius 3 is 2.39 bits per heavy atom. The minimum absolute atomic E-state index is 0.281. The maximum absolute atomic E-state index is 12.3. The highest BCUT2D eigenvalue weighted by Gasteiger charge is 2.15. The summed E-state index contributed by atoms with van der Waals surface area (Å²) in [7, 11) is 0. The van der Waals surface area contributed by atoms with Crippen molar-refractivity contribution in [3.05, 3.63) is 60.3 Å². The van der Waals surface area contributed by atoms with Crippen LogP contribution in [-0.2, 0) is 0 Å². The maximum Gasteiger partial charge on any atom is 0.323 e. The molecule has 3 N–H and O–H groups in total. The summed E-state index contributed by atoms with van der Waals surface area (Å²) in [4.78, 5) is 24.8. The van der Waals surface area contributed by atoms with Crippen LogP contribution >= 0.6 is 11.8 Å². The number of rotatable bonds is 6. The van der Waals surface area contributed by atoms with Gasteiger partial charge in [-0.2, -0.15) is 4.98 Å². The van der Waals surface area contributed by atoms with E-state index >= 15 is 0 Å². The number of nitrogens with one attached hydrogen (secondary N) is 3. The fraction of sp³-hybridized carbons (Fsp3) is 0.261. The van der Waals surface area contributed by atoms with Crippen LogP contribution < -0.4 is 20.9 Å². The first-order valence-electron chi connectivity index (χ1n) is 10.3. The van der Waals surface area contributed by atoms with Crippen LogP contribution in [0.3, 0.4) is 0 Å². The molecule has 1 saturated heterocycles. The molecule has 31 heavy (non-hydrogen) atoms. The Balaban J connectivity index is 1.37. The maximum atomic E-state index is 12.3. The summed E-state index contributed by atoms with van der Waals surface area (Å²) >= 11 is 1.63. The lowest BCUT2D eigenvalue weighted by molar-refractivity contribution is 0.262. The van der Waals surface area contributed by atoms with Gasteiger partial charge in [-0.1, -0.05) is 6.07 Å². The molecule has 0 bridgehead atoms. The van der Waals surface area contributed by atoms with Gasteiger partial charge in [0.1, 0.15) is 5.82 Å². The predicted octanol–water partition coefficient (Wildman–Crippen LogP) is 5.49. The van der Waals surface area contributed by atoms with Crippen LogP contribution in [-0.4, -0.2) is 35.3 Å². The van der Waals surface area contributed by atoms with Crippen molar-refractivity contribution in [2.24, 2.45) is 0 Å². The van der Waals surface area contributed by atoms with E-state index in [-0.39, 0.29) is 6.03 Å². The number of carbonyl (C=O) groups excluding carboxylic acids is 1. The van der Waals surface area contributed by atoms with Crippen LogP contribution in [0.1, 0.15) is 18.5 Å². The number of hydrogen-bond donors (Lipinski definition) is 3. The van der Waals surface area contributed by atoms with E-state index in [1.807, 2.05) is 67.8 Å². The second-order valence-corrected chi connectivity index (χ2v) is 8.28. The van der Waals surface area contributed by atoms with Gasteiger partial charge in [0.25, 0.3) is 0 Å². The van der Waals surface area contributed by atoms with E-state index < -0.39 is 0 Å². The largest absolute Gasteiger partial charge is 0.356 e. The van der Waals surface area contributed by atoms with E-state index in [1.54, 1.807) is 11.8 Å². The van der Waals surface area contributed by atoms with Crippen molar-refractivity contribution in [3.8, 4) is 0 Å². The molecule has 1 aliphatic heterocycles. The predicted molar refractivity (Wildman–Crippen MR) is 129 cm³/mol. The Morgan fingerprint density at radius 2 is 1.65 bits per heavy atom. The van der Waals surface area contributed by atoms with E-state index in [0.29, 0.717) is 11.6 Å². The van der Waals surface area contributed by atoms with Gasteiger partial charge in [-0.25, -0.2) is 9.78 Å². The number of amides is 2. The third-order valence-corrected chi connectivity index (χ3v) is 5.72. The van der Waals surface area contributed by atoms with Gasteiger partial charge in [0.15, 0.2) is 0 Å². The molecule has 0 spiro atoms. The van der Waals surface area contributed by atoms with Crippen molar-refractivity contribution in [1.82, 2.24) is 9.97 Å². The Morgan fingerprint density at radius 1 is 0.935 bits per heavy atom. The van der Waals surface area contributed by atoms with E-state index in [1.165, 1.54) is 12.8 Å². The van der Waals surface area contributed by atoms with Gasteiger partial charge in [-0.15, -0.1) is 11.8 Å². The number of aromatic nitrogens is 2. The molecule has 0 atom stereocenters. The lowest BCUT2D eigenvalue weighted by Crippen LogP contribution is -2.20. The van der Waals surface area contributed by atoms with Gasteiger partial charge in [0.2, 0.25) is 5.95 Å². The van der Waals surface area contributed by atoms with Crippen molar-refractivity contribution in [2.45, 2.75) is 24.7 Å². The molecule has 8 heteroatoms. The van der Waals surface area contributed by atoms with Gasteiger partial charge in [-0.3, -0.25) is 0 Å². The molecule has 160 valence electrons. The normalized spacial score (nSPS) is 13.2. The molecule has 0 saturated carbocycles. The lowest BCUT2D eigenvalue weighted by Gasteiger charge is -2.17. The first-order chi connectivity index (χ1) is 15.1. The highest BCUT2D eigenvalue weighted by Crippen LogP contribution is 2.23. The first kappa shape index (κ1) is 21.0. The summed E-state index contributed by atoms with van der Waals surface area (Å²) in [5.41, 5.74) is 3.25. The summed E-state index contributed by atoms with van der Waals surface area (Å²) in [5.74, 6) is 1.54. The highest BCUT2D eigenvalue weighted by molar-refractivity contribution is 7.98. The quantitative estimate of drug-likeness (QED) is 0.445. The molecule has 2 amide bonds. The molecule has 0 aliphatic carbocycles. The van der Waals surface area contributed by atoms with Crippen LogP contribution in [0.15, 0.2) is 59.5 Å². The number of aryl methyl sites for hydroxylation is 1. The van der Waals surface area contributed by atoms with Crippen molar-refractivity contribution in [1.29, 1.82) is 0 Å². The summed E-state index contributed by atoms with van der Waals surface area (Å²) in [6, 6.07) is 17.0. The van der Waals surface area contributed by atoms with Crippen LogP contribution in [0.25, 0.3) is 0 Å². The lowest BCUT2D eigenvalue weighted by atomic mass is 10.3. The summed E-state index contributed by atoms with van der Waals surface area (Å²) in [6.07, 6.45) is 4.41. The number of thioether (sulfide) groups is 1. The smallest absolute Gasteiger partial charge is 0.323 e. The fourth-order valence-corrected chi connectivity index (χ4v) is 3.94. The molecule has 7 nitrogen and oxygen atoms in total. The number of hydrogen-bond acceptors (Lipinski definition) is 6. The van der Waals surface area contributed by atoms with E-state index in [2.05, 4.69) is 30.8 Å². The summed E-state index contributed by atoms with van der Waals surface area (Å²) in [5, 5.41) is 8.97. The average molecular weight is 435 g/mol. The number of carbonyl (C=O) groups is 1. The number of anilines is 5. The molecule has 2 heterocycles. The fourth-order valence-electron chi connectivity index (χ4n) is 3.48. The van der Waals surface area contributed by atoms with Crippen LogP contribution in [0.4, 0.5) is 33.6 Å². The number of urea groups is 1. The Bertz CT molecular complexity index is 1050. The van der Waals surface area contributed by atoms with Crippen LogP contribution in [0, 0.1) is 6.92 Å². The Hall–Kier alpha value is -3.26. The minimum Gasteiger partial charge on any atom is -0.356 e. The third-order valence-electron chi connectivity index (χ3n) is 5.00. The monoisotopic (exact) mass is 434 g/mol. The zero-order chi connectivity index (χ0) is 21.6.